The lowest BCUT2D eigenvalue weighted by Crippen LogP contribution is -2.14. The molecule has 0 unspecified atom stereocenters. The average molecular weight is 268 g/mol. The standard InChI is InChI=1S/C12H8N6O2/c19-11-8-7-9(15-16-11)13-12(20)14-10(7)18(17-8)6-4-2-1-3-5-6/h1-5,17H,(H,16,19)(H,13,14,15,20). The zero-order valence-corrected chi connectivity index (χ0v) is 10.0. The predicted molar refractivity (Wildman–Crippen MR) is 72.0 cm³/mol. The van der Waals surface area contributed by atoms with Gasteiger partial charge >= 0.3 is 5.69 Å². The Morgan fingerprint density at radius 2 is 1.80 bits per heavy atom. The van der Waals surface area contributed by atoms with Crippen molar-refractivity contribution in [2.24, 2.45) is 0 Å². The van der Waals surface area contributed by atoms with Crippen LogP contribution in [-0.2, 0) is 0 Å². The van der Waals surface area contributed by atoms with Crippen molar-refractivity contribution >= 4 is 22.2 Å². The van der Waals surface area contributed by atoms with E-state index in [1.54, 1.807) is 4.68 Å². The van der Waals surface area contributed by atoms with E-state index in [0.29, 0.717) is 22.2 Å². The highest BCUT2D eigenvalue weighted by Crippen LogP contribution is 2.20. The predicted octanol–water partition coefficient (Wildman–Crippen LogP) is 0.278. The first kappa shape index (κ1) is 10.7. The fourth-order valence-corrected chi connectivity index (χ4v) is 2.24. The number of para-hydroxylation sites is 1. The van der Waals surface area contributed by atoms with Gasteiger partial charge in [0, 0.05) is 0 Å². The van der Waals surface area contributed by atoms with Crippen molar-refractivity contribution in [1.29, 1.82) is 0 Å². The lowest BCUT2D eigenvalue weighted by molar-refractivity contribution is 0.903. The summed E-state index contributed by atoms with van der Waals surface area (Å²) in [6, 6.07) is 9.27. The minimum absolute atomic E-state index is 0.292. The summed E-state index contributed by atoms with van der Waals surface area (Å²) in [4.78, 5) is 31.1. The molecule has 0 aliphatic carbocycles. The summed E-state index contributed by atoms with van der Waals surface area (Å²) in [6.45, 7) is 0. The molecular weight excluding hydrogens is 260 g/mol. The molecule has 0 fully saturated rings. The average Bonchev–Trinajstić information content (AvgIpc) is 2.84. The Morgan fingerprint density at radius 3 is 2.60 bits per heavy atom. The summed E-state index contributed by atoms with van der Waals surface area (Å²) in [6.07, 6.45) is 0. The van der Waals surface area contributed by atoms with Gasteiger partial charge in [-0.15, -0.1) is 0 Å². The molecule has 3 aromatic heterocycles. The number of nitrogens with zero attached hydrogens (tertiary/aromatic N) is 3. The molecule has 0 aliphatic rings. The van der Waals surface area contributed by atoms with Crippen molar-refractivity contribution in [3.05, 3.63) is 51.2 Å². The van der Waals surface area contributed by atoms with Crippen LogP contribution in [0.5, 0.6) is 0 Å². The van der Waals surface area contributed by atoms with Gasteiger partial charge in [0.15, 0.2) is 11.3 Å². The molecule has 4 aromatic rings. The number of hydrogen-bond acceptors (Lipinski definition) is 4. The summed E-state index contributed by atoms with van der Waals surface area (Å²) in [5.74, 6) is 0. The first-order chi connectivity index (χ1) is 9.74. The van der Waals surface area contributed by atoms with Crippen LogP contribution in [0.2, 0.25) is 0 Å². The first-order valence-electron chi connectivity index (χ1n) is 5.88. The van der Waals surface area contributed by atoms with E-state index in [-0.39, 0.29) is 5.56 Å². The van der Waals surface area contributed by atoms with Crippen molar-refractivity contribution in [3.63, 3.8) is 0 Å². The second-order valence-corrected chi connectivity index (χ2v) is 4.29. The molecule has 98 valence electrons. The number of H-pyrrole nitrogens is 3. The number of hydrogen-bond donors (Lipinski definition) is 3. The Labute approximate surface area is 110 Å². The molecule has 3 N–H and O–H groups in total. The lowest BCUT2D eigenvalue weighted by Gasteiger charge is -2.02. The van der Waals surface area contributed by atoms with Crippen LogP contribution in [0.1, 0.15) is 0 Å². The summed E-state index contributed by atoms with van der Waals surface area (Å²) in [5, 5.41) is 8.47. The van der Waals surface area contributed by atoms with Gasteiger partial charge < -0.3 is 0 Å². The van der Waals surface area contributed by atoms with Crippen molar-refractivity contribution in [2.45, 2.75) is 0 Å². The number of aromatic amines is 3. The van der Waals surface area contributed by atoms with Crippen molar-refractivity contribution in [1.82, 2.24) is 29.9 Å². The quantitative estimate of drug-likeness (QED) is 0.460. The number of aromatic nitrogens is 6. The van der Waals surface area contributed by atoms with Gasteiger partial charge in [-0.1, -0.05) is 18.2 Å². The van der Waals surface area contributed by atoms with Crippen LogP contribution in [0.4, 0.5) is 0 Å². The van der Waals surface area contributed by atoms with E-state index in [1.807, 2.05) is 30.3 Å². The highest BCUT2D eigenvalue weighted by molar-refractivity contribution is 6.02. The fourth-order valence-electron chi connectivity index (χ4n) is 2.24. The lowest BCUT2D eigenvalue weighted by atomic mass is 10.3. The van der Waals surface area contributed by atoms with E-state index in [9.17, 15) is 9.59 Å². The van der Waals surface area contributed by atoms with Crippen molar-refractivity contribution < 1.29 is 0 Å². The van der Waals surface area contributed by atoms with Crippen LogP contribution in [-0.4, -0.2) is 29.9 Å². The fraction of sp³-hybridized carbons (Fsp3) is 0. The largest absolute Gasteiger partial charge is 0.371 e. The highest BCUT2D eigenvalue weighted by atomic mass is 16.1. The number of benzene rings is 1. The third-order valence-electron chi connectivity index (χ3n) is 3.09. The molecular formula is C12H8N6O2. The van der Waals surface area contributed by atoms with E-state index in [0.717, 1.165) is 5.69 Å². The molecule has 0 atom stereocenters. The van der Waals surface area contributed by atoms with Crippen LogP contribution in [0, 0.1) is 0 Å². The molecule has 3 heterocycles. The molecule has 0 spiro atoms. The summed E-state index contributed by atoms with van der Waals surface area (Å²) < 4.78 is 1.59. The zero-order chi connectivity index (χ0) is 13.7. The zero-order valence-electron chi connectivity index (χ0n) is 10.0. The van der Waals surface area contributed by atoms with Gasteiger partial charge in [0.2, 0.25) is 0 Å². The van der Waals surface area contributed by atoms with Gasteiger partial charge in [-0.05, 0) is 12.1 Å². The monoisotopic (exact) mass is 268 g/mol. The molecule has 8 nitrogen and oxygen atoms in total. The minimum Gasteiger partial charge on any atom is -0.286 e. The third kappa shape index (κ3) is 1.35. The molecule has 0 saturated carbocycles. The Hall–Kier alpha value is -3.16. The Morgan fingerprint density at radius 1 is 1.00 bits per heavy atom. The van der Waals surface area contributed by atoms with Gasteiger partial charge in [0.25, 0.3) is 5.56 Å². The van der Waals surface area contributed by atoms with E-state index in [4.69, 9.17) is 0 Å². The van der Waals surface area contributed by atoms with Gasteiger partial charge in [-0.25, -0.2) is 9.48 Å². The summed E-state index contributed by atoms with van der Waals surface area (Å²) in [7, 11) is 0. The van der Waals surface area contributed by atoms with Gasteiger partial charge in [0.05, 0.1) is 11.1 Å². The molecule has 0 bridgehead atoms. The van der Waals surface area contributed by atoms with E-state index in [2.05, 4.69) is 25.3 Å². The Kier molecular flexibility index (Phi) is 1.97. The topological polar surface area (TPSA) is 112 Å². The number of rotatable bonds is 1. The van der Waals surface area contributed by atoms with Crippen LogP contribution in [0.15, 0.2) is 39.9 Å². The normalized spacial score (nSPS) is 11.4. The summed E-state index contributed by atoms with van der Waals surface area (Å²) >= 11 is 0. The smallest absolute Gasteiger partial charge is 0.286 e. The molecule has 0 saturated heterocycles. The van der Waals surface area contributed by atoms with Crippen LogP contribution >= 0.6 is 0 Å². The second-order valence-electron chi connectivity index (χ2n) is 4.29. The maximum atomic E-state index is 11.8. The Balaban J connectivity index is 2.26. The first-order valence-corrected chi connectivity index (χ1v) is 5.88. The van der Waals surface area contributed by atoms with Gasteiger partial charge in [-0.2, -0.15) is 9.97 Å². The molecule has 20 heavy (non-hydrogen) atoms. The van der Waals surface area contributed by atoms with Crippen molar-refractivity contribution in [2.75, 3.05) is 0 Å². The van der Waals surface area contributed by atoms with Gasteiger partial charge in [-0.3, -0.25) is 20.1 Å². The molecule has 0 radical (unpaired) electrons. The maximum Gasteiger partial charge on any atom is 0.371 e. The van der Waals surface area contributed by atoms with Crippen molar-refractivity contribution in [3.8, 4) is 5.69 Å². The van der Waals surface area contributed by atoms with Crippen LogP contribution in [0.3, 0.4) is 0 Å². The highest BCUT2D eigenvalue weighted by Gasteiger charge is 2.16. The Bertz CT molecular complexity index is 1040. The van der Waals surface area contributed by atoms with Gasteiger partial charge in [0.1, 0.15) is 5.52 Å². The number of nitrogens with one attached hydrogen (secondary N) is 3. The van der Waals surface area contributed by atoms with E-state index >= 15 is 0 Å². The van der Waals surface area contributed by atoms with Crippen LogP contribution in [0.25, 0.3) is 27.9 Å². The maximum absolute atomic E-state index is 11.8. The third-order valence-corrected chi connectivity index (χ3v) is 3.09. The molecule has 0 amide bonds. The second kappa shape index (κ2) is 3.67. The van der Waals surface area contributed by atoms with Crippen LogP contribution < -0.4 is 11.2 Å². The SMILES string of the molecule is O=c1nc2[nH][nH]c(=O)c3[nH]n(-c4ccccc4)c(n1)c23. The molecule has 4 rings (SSSR count). The van der Waals surface area contributed by atoms with E-state index < -0.39 is 5.69 Å². The molecule has 8 heteroatoms. The minimum atomic E-state index is -0.619. The molecule has 1 aromatic carbocycles. The van der Waals surface area contributed by atoms with E-state index in [1.165, 1.54) is 0 Å². The summed E-state index contributed by atoms with van der Waals surface area (Å²) in [5.41, 5.74) is 0.787. The molecule has 0 aliphatic heterocycles.